The highest BCUT2D eigenvalue weighted by Gasteiger charge is 2.44. The van der Waals surface area contributed by atoms with Crippen LogP contribution in [0.3, 0.4) is 0 Å². The molecule has 1 saturated carbocycles. The van der Waals surface area contributed by atoms with E-state index in [1.165, 1.54) is 63.4 Å². The van der Waals surface area contributed by atoms with Crippen molar-refractivity contribution in [2.45, 2.75) is 88.6 Å². The first kappa shape index (κ1) is 20.7. The Kier molecular flexibility index (Phi) is 6.48. The van der Waals surface area contributed by atoms with Gasteiger partial charge >= 0.3 is 0 Å². The van der Waals surface area contributed by atoms with Crippen molar-refractivity contribution in [3.63, 3.8) is 0 Å². The molecule has 0 aliphatic heterocycles. The molecule has 1 atom stereocenters. The Hall–Kier alpha value is -1.55. The molecule has 0 spiro atoms. The molecular formula is C25H34N2OS. The van der Waals surface area contributed by atoms with E-state index < -0.39 is 0 Å². The van der Waals surface area contributed by atoms with Crippen LogP contribution >= 0.6 is 11.8 Å². The van der Waals surface area contributed by atoms with Gasteiger partial charge in [-0.1, -0.05) is 88.4 Å². The van der Waals surface area contributed by atoms with E-state index in [0.29, 0.717) is 5.92 Å². The monoisotopic (exact) mass is 410 g/mol. The van der Waals surface area contributed by atoms with Crippen molar-refractivity contribution in [1.29, 1.82) is 0 Å². The molecule has 0 radical (unpaired) electrons. The molecule has 2 aliphatic carbocycles. The van der Waals surface area contributed by atoms with Crippen molar-refractivity contribution >= 4 is 11.8 Å². The minimum atomic E-state index is -0.116. The summed E-state index contributed by atoms with van der Waals surface area (Å²) >= 11 is 1.70. The summed E-state index contributed by atoms with van der Waals surface area (Å²) in [7, 11) is 0. The molecule has 2 aromatic rings. The van der Waals surface area contributed by atoms with Crippen LogP contribution in [0.1, 0.15) is 82.8 Å². The average Bonchev–Trinajstić information content (AvgIpc) is 2.74. The molecule has 1 N–H and O–H groups in total. The number of unbranched alkanes of at least 4 members (excludes halogenated alkanes) is 3. The summed E-state index contributed by atoms with van der Waals surface area (Å²) in [5.41, 5.74) is 4.38. The third-order valence-electron chi connectivity index (χ3n) is 7.04. The van der Waals surface area contributed by atoms with Gasteiger partial charge in [0.2, 0.25) is 0 Å². The lowest BCUT2D eigenvalue weighted by Gasteiger charge is -2.43. The summed E-state index contributed by atoms with van der Waals surface area (Å²) in [5, 5.41) is 0.785. The molecule has 0 bridgehead atoms. The lowest BCUT2D eigenvalue weighted by molar-refractivity contribution is 0.213. The molecule has 3 nitrogen and oxygen atoms in total. The molecule has 4 heteroatoms. The smallest absolute Gasteiger partial charge is 0.255 e. The van der Waals surface area contributed by atoms with Gasteiger partial charge in [0.15, 0.2) is 5.16 Å². The van der Waals surface area contributed by atoms with E-state index >= 15 is 0 Å². The highest BCUT2D eigenvalue weighted by atomic mass is 32.2. The summed E-state index contributed by atoms with van der Waals surface area (Å²) in [6.45, 7) is 4.56. The van der Waals surface area contributed by atoms with Gasteiger partial charge in [-0.05, 0) is 37.2 Å². The highest BCUT2D eigenvalue weighted by Crippen LogP contribution is 2.48. The Bertz CT molecular complexity index is 900. The number of aromatic amines is 1. The summed E-state index contributed by atoms with van der Waals surface area (Å²) in [4.78, 5) is 21.6. The summed E-state index contributed by atoms with van der Waals surface area (Å²) < 4.78 is 0. The molecule has 1 heterocycles. The van der Waals surface area contributed by atoms with E-state index in [1.807, 2.05) is 0 Å². The number of aromatic nitrogens is 2. The number of nitrogens with one attached hydrogen (secondary N) is 1. The minimum absolute atomic E-state index is 0.0913. The number of fused-ring (bicyclic) bond motifs is 3. The Morgan fingerprint density at radius 2 is 1.93 bits per heavy atom. The molecule has 0 saturated heterocycles. The largest absolute Gasteiger partial charge is 0.301 e. The van der Waals surface area contributed by atoms with Gasteiger partial charge in [0.05, 0.1) is 11.3 Å². The first-order valence-corrected chi connectivity index (χ1v) is 12.5. The van der Waals surface area contributed by atoms with E-state index in [1.54, 1.807) is 11.8 Å². The van der Waals surface area contributed by atoms with Gasteiger partial charge in [0.25, 0.3) is 5.56 Å². The molecule has 1 fully saturated rings. The van der Waals surface area contributed by atoms with E-state index in [-0.39, 0.29) is 11.0 Å². The maximum absolute atomic E-state index is 13.4. The molecule has 0 amide bonds. The topological polar surface area (TPSA) is 45.8 Å². The van der Waals surface area contributed by atoms with E-state index in [0.717, 1.165) is 34.2 Å². The summed E-state index contributed by atoms with van der Waals surface area (Å²) in [6.07, 6.45) is 12.3. The van der Waals surface area contributed by atoms with Gasteiger partial charge in [0.1, 0.15) is 0 Å². The predicted octanol–water partition coefficient (Wildman–Crippen LogP) is 6.50. The van der Waals surface area contributed by atoms with Gasteiger partial charge in [-0.2, -0.15) is 0 Å². The van der Waals surface area contributed by atoms with Crippen LogP contribution in [0.2, 0.25) is 0 Å². The van der Waals surface area contributed by atoms with Crippen LogP contribution in [0.15, 0.2) is 34.2 Å². The maximum Gasteiger partial charge on any atom is 0.255 e. The van der Waals surface area contributed by atoms with E-state index in [9.17, 15) is 4.79 Å². The second-order valence-corrected chi connectivity index (χ2v) is 10.2. The zero-order valence-corrected chi connectivity index (χ0v) is 18.7. The van der Waals surface area contributed by atoms with Gasteiger partial charge in [0, 0.05) is 16.7 Å². The predicted molar refractivity (Wildman–Crippen MR) is 123 cm³/mol. The summed E-state index contributed by atoms with van der Waals surface area (Å²) in [5.74, 6) is 1.59. The van der Waals surface area contributed by atoms with E-state index in [4.69, 9.17) is 4.98 Å². The fraction of sp³-hybridized carbons (Fsp3) is 0.600. The number of hydrogen-bond acceptors (Lipinski definition) is 3. The Balaban J connectivity index is 1.71. The third kappa shape index (κ3) is 4.19. The molecule has 156 valence electrons. The lowest BCUT2D eigenvalue weighted by atomic mass is 9.60. The quantitative estimate of drug-likeness (QED) is 0.322. The molecule has 1 unspecified atom stereocenters. The number of hydrogen-bond donors (Lipinski definition) is 1. The second-order valence-electron chi connectivity index (χ2n) is 9.09. The number of nitrogens with zero attached hydrogens (tertiary/aromatic N) is 1. The molecule has 29 heavy (non-hydrogen) atoms. The van der Waals surface area contributed by atoms with Crippen LogP contribution in [-0.4, -0.2) is 15.7 Å². The van der Waals surface area contributed by atoms with Crippen LogP contribution in [0, 0.1) is 5.92 Å². The first-order chi connectivity index (χ1) is 14.1. The average molecular weight is 411 g/mol. The van der Waals surface area contributed by atoms with Crippen molar-refractivity contribution in [3.05, 3.63) is 45.7 Å². The standard InChI is InChI=1S/C25H34N2OS/c1-3-4-5-11-16-29-24-26-22-20-15-10-9-12-18(20)17-25(2,21(22)23(28)27-24)19-13-7-6-8-14-19/h9-10,12,15,19H,3-8,11,13-14,16-17H2,1-2H3,(H,26,27,28). The number of benzene rings is 1. The fourth-order valence-electron chi connectivity index (χ4n) is 5.42. The van der Waals surface area contributed by atoms with Gasteiger partial charge in [-0.3, -0.25) is 4.79 Å². The van der Waals surface area contributed by atoms with Crippen molar-refractivity contribution in [3.8, 4) is 11.3 Å². The second kappa shape index (κ2) is 9.07. The minimum Gasteiger partial charge on any atom is -0.301 e. The van der Waals surface area contributed by atoms with Crippen LogP contribution in [0.5, 0.6) is 0 Å². The molecule has 1 aromatic carbocycles. The number of rotatable bonds is 7. The van der Waals surface area contributed by atoms with E-state index in [2.05, 4.69) is 43.1 Å². The Morgan fingerprint density at radius 3 is 2.72 bits per heavy atom. The highest BCUT2D eigenvalue weighted by molar-refractivity contribution is 7.99. The molecular weight excluding hydrogens is 376 g/mol. The third-order valence-corrected chi connectivity index (χ3v) is 8.00. The molecule has 4 rings (SSSR count). The van der Waals surface area contributed by atoms with Crippen molar-refractivity contribution in [1.82, 2.24) is 9.97 Å². The van der Waals surface area contributed by atoms with Crippen LogP contribution < -0.4 is 5.56 Å². The van der Waals surface area contributed by atoms with Crippen molar-refractivity contribution < 1.29 is 0 Å². The van der Waals surface area contributed by atoms with Crippen LogP contribution in [-0.2, 0) is 11.8 Å². The SMILES string of the molecule is CCCCCCSc1nc2c(c(=O)[nH]1)C(C)(C1CCCCC1)Cc1ccccc1-2. The van der Waals surface area contributed by atoms with Gasteiger partial charge in [-0.25, -0.2) is 4.98 Å². The normalized spacial score (nSPS) is 21.6. The van der Waals surface area contributed by atoms with Crippen molar-refractivity contribution in [2.75, 3.05) is 5.75 Å². The Morgan fingerprint density at radius 1 is 1.14 bits per heavy atom. The zero-order valence-electron chi connectivity index (χ0n) is 17.9. The zero-order chi connectivity index (χ0) is 20.3. The van der Waals surface area contributed by atoms with Gasteiger partial charge < -0.3 is 4.98 Å². The number of thioether (sulfide) groups is 1. The fourth-order valence-corrected chi connectivity index (χ4v) is 6.28. The molecule has 1 aromatic heterocycles. The van der Waals surface area contributed by atoms with Crippen LogP contribution in [0.4, 0.5) is 0 Å². The number of H-pyrrole nitrogens is 1. The summed E-state index contributed by atoms with van der Waals surface area (Å²) in [6, 6.07) is 8.59. The lowest BCUT2D eigenvalue weighted by Crippen LogP contribution is -2.43. The maximum atomic E-state index is 13.4. The first-order valence-electron chi connectivity index (χ1n) is 11.5. The van der Waals surface area contributed by atoms with Gasteiger partial charge in [-0.15, -0.1) is 0 Å². The van der Waals surface area contributed by atoms with Crippen LogP contribution in [0.25, 0.3) is 11.3 Å². The van der Waals surface area contributed by atoms with Crippen molar-refractivity contribution in [2.24, 2.45) is 5.92 Å². The Labute approximate surface area is 179 Å². The molecule has 2 aliphatic rings.